The number of hydrogen-bond acceptors (Lipinski definition) is 4. The first-order valence-corrected chi connectivity index (χ1v) is 6.62. The summed E-state index contributed by atoms with van der Waals surface area (Å²) in [5, 5.41) is 0. The van der Waals surface area contributed by atoms with Crippen LogP contribution in [0.5, 0.6) is 0 Å². The minimum atomic E-state index is -0.474. The van der Waals surface area contributed by atoms with E-state index in [1.807, 2.05) is 20.8 Å². The van der Waals surface area contributed by atoms with Crippen LogP contribution in [0.15, 0.2) is 4.99 Å². The van der Waals surface area contributed by atoms with Gasteiger partial charge in [0.1, 0.15) is 11.4 Å². The van der Waals surface area contributed by atoms with Gasteiger partial charge in [-0.15, -0.1) is 0 Å². The average Bonchev–Trinajstić information content (AvgIpc) is 2.38. The van der Waals surface area contributed by atoms with E-state index in [-0.39, 0.29) is 12.1 Å². The van der Waals surface area contributed by atoms with Crippen LogP contribution in [-0.4, -0.2) is 41.6 Å². The summed E-state index contributed by atoms with van der Waals surface area (Å²) >= 11 is 0. The number of carbonyl (C=O) groups is 1. The lowest BCUT2D eigenvalue weighted by atomic mass is 10.1. The fourth-order valence-electron chi connectivity index (χ4n) is 1.94. The quantitative estimate of drug-likeness (QED) is 0.822. The minimum Gasteiger partial charge on any atom is -0.444 e. The van der Waals surface area contributed by atoms with Crippen molar-refractivity contribution >= 4 is 11.9 Å². The summed E-state index contributed by atoms with van der Waals surface area (Å²) < 4.78 is 5.35. The fraction of sp³-hybridized carbons (Fsp3) is 0.846. The maximum Gasteiger partial charge on any atom is 0.410 e. The van der Waals surface area contributed by atoms with Gasteiger partial charge in [0.25, 0.3) is 0 Å². The summed E-state index contributed by atoms with van der Waals surface area (Å²) in [6.45, 7) is 8.74. The molecule has 1 atom stereocenters. The molecular weight excluding hydrogens is 230 g/mol. The van der Waals surface area contributed by atoms with Gasteiger partial charge in [-0.2, -0.15) is 0 Å². The summed E-state index contributed by atoms with van der Waals surface area (Å²) in [5.41, 5.74) is 5.37. The van der Waals surface area contributed by atoms with E-state index in [2.05, 4.69) is 11.9 Å². The van der Waals surface area contributed by atoms with Crippen LogP contribution in [0.3, 0.4) is 0 Å². The van der Waals surface area contributed by atoms with Gasteiger partial charge in [-0.05, 0) is 33.6 Å². The second kappa shape index (κ2) is 6.07. The second-order valence-corrected chi connectivity index (χ2v) is 5.75. The van der Waals surface area contributed by atoms with Crippen LogP contribution in [0, 0.1) is 0 Å². The van der Waals surface area contributed by atoms with Gasteiger partial charge in [-0.25, -0.2) is 4.79 Å². The number of amides is 1. The molecule has 18 heavy (non-hydrogen) atoms. The Kier molecular flexibility index (Phi) is 4.99. The van der Waals surface area contributed by atoms with Crippen molar-refractivity contribution in [2.24, 2.45) is 10.7 Å². The third-order valence-electron chi connectivity index (χ3n) is 2.71. The van der Waals surface area contributed by atoms with Crippen molar-refractivity contribution in [1.82, 2.24) is 4.90 Å². The molecule has 1 unspecified atom stereocenters. The van der Waals surface area contributed by atoms with Gasteiger partial charge >= 0.3 is 6.09 Å². The summed E-state index contributed by atoms with van der Waals surface area (Å²) in [6, 6.07) is 0.238. The molecule has 2 N–H and O–H groups in total. The summed E-state index contributed by atoms with van der Waals surface area (Å²) in [6.07, 6.45) is 2.64. The molecule has 0 saturated heterocycles. The van der Waals surface area contributed by atoms with E-state index in [0.29, 0.717) is 18.9 Å². The topological polar surface area (TPSA) is 67.9 Å². The van der Waals surface area contributed by atoms with E-state index in [9.17, 15) is 4.79 Å². The van der Waals surface area contributed by atoms with Crippen LogP contribution in [0.4, 0.5) is 4.79 Å². The van der Waals surface area contributed by atoms with Gasteiger partial charge < -0.3 is 15.4 Å². The average molecular weight is 255 g/mol. The monoisotopic (exact) mass is 255 g/mol. The van der Waals surface area contributed by atoms with Crippen molar-refractivity contribution in [2.45, 2.75) is 58.6 Å². The Morgan fingerprint density at radius 2 is 2.22 bits per heavy atom. The molecular formula is C13H25N3O2. The maximum absolute atomic E-state index is 12.0. The highest BCUT2D eigenvalue weighted by Gasteiger charge is 2.25. The van der Waals surface area contributed by atoms with E-state index >= 15 is 0 Å². The van der Waals surface area contributed by atoms with Crippen LogP contribution in [0.1, 0.15) is 47.0 Å². The van der Waals surface area contributed by atoms with Gasteiger partial charge in [0.15, 0.2) is 0 Å². The molecule has 0 aromatic rings. The van der Waals surface area contributed by atoms with Crippen LogP contribution in [-0.2, 0) is 4.74 Å². The Balaban J connectivity index is 2.61. The smallest absolute Gasteiger partial charge is 0.410 e. The number of hydrogen-bond donors (Lipinski definition) is 1. The number of carbonyl (C=O) groups excluding carboxylic acids is 1. The zero-order valence-electron chi connectivity index (χ0n) is 11.9. The van der Waals surface area contributed by atoms with Crippen LogP contribution in [0.2, 0.25) is 0 Å². The van der Waals surface area contributed by atoms with Crippen molar-refractivity contribution in [1.29, 1.82) is 0 Å². The standard InChI is InChI=1S/C13H25N3O2/c1-5-6-10-7-8-16(9-11(14)15-10)12(17)18-13(2,3)4/h10H,5-9H2,1-4H3,(H2,14,15). The highest BCUT2D eigenvalue weighted by molar-refractivity contribution is 5.86. The Bertz CT molecular complexity index is 321. The van der Waals surface area contributed by atoms with E-state index in [4.69, 9.17) is 10.5 Å². The molecule has 104 valence electrons. The highest BCUT2D eigenvalue weighted by atomic mass is 16.6. The molecule has 0 saturated carbocycles. The predicted octanol–water partition coefficient (Wildman–Crippen LogP) is 2.15. The number of ether oxygens (including phenoxy) is 1. The molecule has 0 spiro atoms. The number of nitrogens with two attached hydrogens (primary N) is 1. The Hall–Kier alpha value is -1.26. The van der Waals surface area contributed by atoms with Crippen LogP contribution < -0.4 is 5.73 Å². The van der Waals surface area contributed by atoms with Crippen molar-refractivity contribution < 1.29 is 9.53 Å². The molecule has 0 fully saturated rings. The largest absolute Gasteiger partial charge is 0.444 e. The molecule has 1 aliphatic heterocycles. The molecule has 1 heterocycles. The molecule has 1 rings (SSSR count). The summed E-state index contributed by atoms with van der Waals surface area (Å²) in [5.74, 6) is 0.525. The summed E-state index contributed by atoms with van der Waals surface area (Å²) in [7, 11) is 0. The van der Waals surface area contributed by atoms with Crippen molar-refractivity contribution in [2.75, 3.05) is 13.1 Å². The molecule has 0 aromatic carbocycles. The third-order valence-corrected chi connectivity index (χ3v) is 2.71. The Labute approximate surface area is 109 Å². The fourth-order valence-corrected chi connectivity index (χ4v) is 1.94. The number of nitrogens with zero attached hydrogens (tertiary/aromatic N) is 2. The zero-order chi connectivity index (χ0) is 13.8. The van der Waals surface area contributed by atoms with Gasteiger partial charge in [0.2, 0.25) is 0 Å². The Morgan fingerprint density at radius 3 is 2.78 bits per heavy atom. The molecule has 1 aliphatic rings. The molecule has 0 aromatic heterocycles. The van der Waals surface area contributed by atoms with Crippen molar-refractivity contribution in [3.63, 3.8) is 0 Å². The van der Waals surface area contributed by atoms with Gasteiger partial charge in [0.05, 0.1) is 12.6 Å². The lowest BCUT2D eigenvalue weighted by molar-refractivity contribution is 0.0278. The molecule has 0 bridgehead atoms. The molecule has 5 nitrogen and oxygen atoms in total. The van der Waals surface area contributed by atoms with E-state index in [0.717, 1.165) is 19.3 Å². The first-order chi connectivity index (χ1) is 8.31. The first-order valence-electron chi connectivity index (χ1n) is 6.62. The van der Waals surface area contributed by atoms with Crippen molar-refractivity contribution in [3.05, 3.63) is 0 Å². The third kappa shape index (κ3) is 4.94. The van der Waals surface area contributed by atoms with Gasteiger partial charge in [0, 0.05) is 6.54 Å². The molecule has 1 amide bonds. The highest BCUT2D eigenvalue weighted by Crippen LogP contribution is 2.15. The number of amidine groups is 1. The normalized spacial score (nSPS) is 21.2. The summed E-state index contributed by atoms with van der Waals surface area (Å²) in [4.78, 5) is 18.0. The van der Waals surface area contributed by atoms with Crippen LogP contribution in [0.25, 0.3) is 0 Å². The van der Waals surface area contributed by atoms with Gasteiger partial charge in [-0.3, -0.25) is 4.99 Å². The minimum absolute atomic E-state index is 0.238. The zero-order valence-corrected chi connectivity index (χ0v) is 11.9. The van der Waals surface area contributed by atoms with Crippen molar-refractivity contribution in [3.8, 4) is 0 Å². The first kappa shape index (κ1) is 14.8. The SMILES string of the molecule is CCCC1CCN(C(=O)OC(C)(C)C)CC(N)=N1. The number of aliphatic imine (C=N–C) groups is 1. The van der Waals surface area contributed by atoms with E-state index < -0.39 is 5.60 Å². The maximum atomic E-state index is 12.0. The lowest BCUT2D eigenvalue weighted by Crippen LogP contribution is -2.41. The molecule has 5 heteroatoms. The van der Waals surface area contributed by atoms with Gasteiger partial charge in [-0.1, -0.05) is 13.3 Å². The lowest BCUT2D eigenvalue weighted by Gasteiger charge is -2.26. The predicted molar refractivity (Wildman–Crippen MR) is 72.7 cm³/mol. The Morgan fingerprint density at radius 1 is 1.56 bits per heavy atom. The van der Waals surface area contributed by atoms with E-state index in [1.165, 1.54) is 0 Å². The molecule has 0 aliphatic carbocycles. The second-order valence-electron chi connectivity index (χ2n) is 5.75. The number of rotatable bonds is 2. The van der Waals surface area contributed by atoms with Crippen LogP contribution >= 0.6 is 0 Å². The van der Waals surface area contributed by atoms with E-state index in [1.54, 1.807) is 4.90 Å². The molecule has 0 radical (unpaired) electrons.